The number of nitrogens with one attached hydrogen (secondary N) is 1. The van der Waals surface area contributed by atoms with Crippen LogP contribution in [0.2, 0.25) is 0 Å². The number of rotatable bonds is 6. The van der Waals surface area contributed by atoms with Crippen molar-refractivity contribution in [3.05, 3.63) is 53.9 Å². The molecule has 2 heterocycles. The van der Waals surface area contributed by atoms with Gasteiger partial charge in [0, 0.05) is 43.5 Å². The second-order valence-corrected chi connectivity index (χ2v) is 8.55. The average molecular weight is 405 g/mol. The van der Waals surface area contributed by atoms with Gasteiger partial charge in [0.05, 0.1) is 0 Å². The summed E-state index contributed by atoms with van der Waals surface area (Å²) in [5.41, 5.74) is 4.92. The number of aromatic nitrogens is 2. The van der Waals surface area contributed by atoms with E-state index in [1.165, 1.54) is 36.8 Å². The fraction of sp³-hybridized carbons (Fsp3) is 0.480. The number of nitrogens with zero attached hydrogens (tertiary/aromatic N) is 3. The van der Waals surface area contributed by atoms with Crippen LogP contribution in [0.25, 0.3) is 11.1 Å². The Kier molecular flexibility index (Phi) is 6.77. The van der Waals surface area contributed by atoms with E-state index in [9.17, 15) is 4.79 Å². The van der Waals surface area contributed by atoms with E-state index in [0.717, 1.165) is 56.0 Å². The number of piperidine rings is 1. The summed E-state index contributed by atoms with van der Waals surface area (Å²) in [6, 6.07) is 8.38. The van der Waals surface area contributed by atoms with Crippen LogP contribution in [0.5, 0.6) is 0 Å². The van der Waals surface area contributed by atoms with Crippen molar-refractivity contribution in [2.24, 2.45) is 5.92 Å². The Bertz CT molecular complexity index is 882. The minimum Gasteiger partial charge on any atom is -0.356 e. The van der Waals surface area contributed by atoms with E-state index >= 15 is 0 Å². The molecule has 0 radical (unpaired) electrons. The molecule has 158 valence electrons. The van der Waals surface area contributed by atoms with Crippen molar-refractivity contribution >= 4 is 11.9 Å². The van der Waals surface area contributed by atoms with E-state index in [0.29, 0.717) is 0 Å². The lowest BCUT2D eigenvalue weighted by atomic mass is 9.95. The van der Waals surface area contributed by atoms with Crippen molar-refractivity contribution in [3.63, 3.8) is 0 Å². The normalized spacial score (nSPS) is 17.5. The van der Waals surface area contributed by atoms with Gasteiger partial charge in [0.15, 0.2) is 0 Å². The summed E-state index contributed by atoms with van der Waals surface area (Å²) in [6.45, 7) is 4.51. The van der Waals surface area contributed by atoms with Crippen molar-refractivity contribution < 1.29 is 4.79 Å². The first-order valence-electron chi connectivity index (χ1n) is 11.3. The van der Waals surface area contributed by atoms with Gasteiger partial charge in [-0.2, -0.15) is 0 Å². The third kappa shape index (κ3) is 5.26. The van der Waals surface area contributed by atoms with Gasteiger partial charge < -0.3 is 10.2 Å². The maximum atomic E-state index is 12.5. The topological polar surface area (TPSA) is 58.1 Å². The molecule has 2 aliphatic rings. The second kappa shape index (κ2) is 9.88. The molecule has 1 saturated heterocycles. The predicted molar refractivity (Wildman–Crippen MR) is 121 cm³/mol. The molecule has 1 fully saturated rings. The van der Waals surface area contributed by atoms with E-state index < -0.39 is 0 Å². The summed E-state index contributed by atoms with van der Waals surface area (Å²) in [7, 11) is 0. The molecule has 0 bridgehead atoms. The highest BCUT2D eigenvalue weighted by atomic mass is 16.1. The van der Waals surface area contributed by atoms with Crippen LogP contribution in [-0.4, -0.2) is 35.5 Å². The molecule has 1 N–H and O–H groups in total. The number of carbonyl (C=O) groups excluding carboxylic acids is 1. The van der Waals surface area contributed by atoms with Crippen molar-refractivity contribution in [1.82, 2.24) is 15.3 Å². The monoisotopic (exact) mass is 404 g/mol. The first kappa shape index (κ1) is 20.6. The zero-order chi connectivity index (χ0) is 20.8. The van der Waals surface area contributed by atoms with Crippen LogP contribution >= 0.6 is 0 Å². The van der Waals surface area contributed by atoms with Gasteiger partial charge in [-0.1, -0.05) is 41.5 Å². The van der Waals surface area contributed by atoms with Crippen LogP contribution in [0.4, 0.5) is 5.95 Å². The fourth-order valence-electron chi connectivity index (χ4n) is 4.42. The molecule has 1 aliphatic carbocycles. The lowest BCUT2D eigenvalue weighted by Crippen LogP contribution is -2.41. The van der Waals surface area contributed by atoms with Gasteiger partial charge in [-0.05, 0) is 57.4 Å². The summed E-state index contributed by atoms with van der Waals surface area (Å²) < 4.78 is 0. The summed E-state index contributed by atoms with van der Waals surface area (Å²) in [5.74, 6) is 1.07. The maximum absolute atomic E-state index is 12.5. The molecule has 2 aromatic rings. The Labute approximate surface area is 179 Å². The number of carbonyl (C=O) groups is 1. The molecule has 4 rings (SSSR count). The molecule has 0 atom stereocenters. The number of hydrogen-bond donors (Lipinski definition) is 1. The number of amides is 1. The highest BCUT2D eigenvalue weighted by Crippen LogP contribution is 2.24. The highest BCUT2D eigenvalue weighted by Gasteiger charge is 2.26. The van der Waals surface area contributed by atoms with Crippen LogP contribution in [0, 0.1) is 12.8 Å². The third-order valence-corrected chi connectivity index (χ3v) is 6.27. The molecule has 1 aromatic heterocycles. The van der Waals surface area contributed by atoms with Gasteiger partial charge in [0.2, 0.25) is 11.9 Å². The second-order valence-electron chi connectivity index (χ2n) is 8.55. The Morgan fingerprint density at radius 1 is 1.13 bits per heavy atom. The van der Waals surface area contributed by atoms with E-state index in [1.54, 1.807) is 0 Å². The van der Waals surface area contributed by atoms with Crippen molar-refractivity contribution in [2.75, 3.05) is 24.5 Å². The SMILES string of the molecule is Cc1cccc(-c2cnc(N3CCC(C(=O)NCCC4=CCCCC4)CC3)nc2)c1. The summed E-state index contributed by atoms with van der Waals surface area (Å²) in [4.78, 5) is 23.9. The molecular weight excluding hydrogens is 372 g/mol. The average Bonchev–Trinajstić information content (AvgIpc) is 2.80. The molecule has 30 heavy (non-hydrogen) atoms. The van der Waals surface area contributed by atoms with E-state index in [2.05, 4.69) is 57.4 Å². The Hall–Kier alpha value is -2.69. The quantitative estimate of drug-likeness (QED) is 0.711. The molecular formula is C25H32N4O. The minimum absolute atomic E-state index is 0.105. The zero-order valence-electron chi connectivity index (χ0n) is 17.9. The molecule has 5 nitrogen and oxygen atoms in total. The van der Waals surface area contributed by atoms with E-state index in [1.807, 2.05) is 12.4 Å². The largest absolute Gasteiger partial charge is 0.356 e. The lowest BCUT2D eigenvalue weighted by molar-refractivity contribution is -0.125. The molecule has 1 aromatic carbocycles. The van der Waals surface area contributed by atoms with Crippen LogP contribution in [0.1, 0.15) is 50.5 Å². The van der Waals surface area contributed by atoms with Crippen molar-refractivity contribution in [2.45, 2.75) is 51.9 Å². The van der Waals surface area contributed by atoms with E-state index in [4.69, 9.17) is 0 Å². The zero-order valence-corrected chi connectivity index (χ0v) is 17.9. The van der Waals surface area contributed by atoms with Gasteiger partial charge in [-0.3, -0.25) is 4.79 Å². The molecule has 0 unspecified atom stereocenters. The third-order valence-electron chi connectivity index (χ3n) is 6.27. The number of allylic oxidation sites excluding steroid dienone is 1. The predicted octanol–water partition coefficient (Wildman–Crippen LogP) is 4.68. The number of benzene rings is 1. The number of aryl methyl sites for hydroxylation is 1. The number of anilines is 1. The molecule has 5 heteroatoms. The molecule has 0 saturated carbocycles. The van der Waals surface area contributed by atoms with Crippen molar-refractivity contribution in [1.29, 1.82) is 0 Å². The summed E-state index contributed by atoms with van der Waals surface area (Å²) >= 11 is 0. The summed E-state index contributed by atoms with van der Waals surface area (Å²) in [6.07, 6.45) is 13.9. The first-order valence-corrected chi connectivity index (χ1v) is 11.3. The van der Waals surface area contributed by atoms with Crippen LogP contribution in [-0.2, 0) is 4.79 Å². The van der Waals surface area contributed by atoms with Crippen LogP contribution in [0.15, 0.2) is 48.3 Å². The molecule has 1 amide bonds. The maximum Gasteiger partial charge on any atom is 0.225 e. The van der Waals surface area contributed by atoms with Crippen LogP contribution < -0.4 is 10.2 Å². The smallest absolute Gasteiger partial charge is 0.225 e. The lowest BCUT2D eigenvalue weighted by Gasteiger charge is -2.31. The van der Waals surface area contributed by atoms with Gasteiger partial charge >= 0.3 is 0 Å². The highest BCUT2D eigenvalue weighted by molar-refractivity contribution is 5.79. The first-order chi connectivity index (χ1) is 14.7. The minimum atomic E-state index is 0.105. The van der Waals surface area contributed by atoms with Gasteiger partial charge in [-0.15, -0.1) is 0 Å². The number of hydrogen-bond acceptors (Lipinski definition) is 4. The molecule has 0 spiro atoms. The van der Waals surface area contributed by atoms with E-state index in [-0.39, 0.29) is 11.8 Å². The van der Waals surface area contributed by atoms with Crippen LogP contribution in [0.3, 0.4) is 0 Å². The molecule has 1 aliphatic heterocycles. The Morgan fingerprint density at radius 2 is 1.93 bits per heavy atom. The van der Waals surface area contributed by atoms with Crippen molar-refractivity contribution in [3.8, 4) is 11.1 Å². The summed E-state index contributed by atoms with van der Waals surface area (Å²) in [5, 5.41) is 3.15. The Balaban J connectivity index is 1.25. The van der Waals surface area contributed by atoms with Gasteiger partial charge in [-0.25, -0.2) is 9.97 Å². The fourth-order valence-corrected chi connectivity index (χ4v) is 4.42. The van der Waals surface area contributed by atoms with Gasteiger partial charge in [0.1, 0.15) is 0 Å². The van der Waals surface area contributed by atoms with Gasteiger partial charge in [0.25, 0.3) is 0 Å². The standard InChI is InChI=1S/C25H32N4O/c1-19-6-5-9-22(16-19)23-17-27-25(28-18-23)29-14-11-21(12-15-29)24(30)26-13-10-20-7-3-2-4-8-20/h5-7,9,16-18,21H,2-4,8,10-15H2,1H3,(H,26,30). The Morgan fingerprint density at radius 3 is 2.63 bits per heavy atom.